The summed E-state index contributed by atoms with van der Waals surface area (Å²) in [6, 6.07) is 0.815. The van der Waals surface area contributed by atoms with Crippen LogP contribution in [0.5, 0.6) is 0 Å². The van der Waals surface area contributed by atoms with E-state index in [9.17, 15) is 19.5 Å². The standard InChI is InChI=1S/C34H55NO5Si/c1-5-6-7-8-9-10-11-12-13-14-15-16-17-18-19-20-21-22-23-27-32(36)35-28-25-24-26-31(33(37)38)34(39)40-29-30-41(2,3)4/h6-7,9-10,12-13,15-16,18-19,21-22,31H,5,8,11,14,17,20,23-30H2,1-4H3,(H,35,36)(H,37,38). The first-order valence-corrected chi connectivity index (χ1v) is 18.9. The van der Waals surface area contributed by atoms with Crippen LogP contribution < -0.4 is 5.32 Å². The Bertz CT molecular complexity index is 893. The fourth-order valence-electron chi connectivity index (χ4n) is 3.54. The van der Waals surface area contributed by atoms with Gasteiger partial charge in [-0.05, 0) is 63.8 Å². The van der Waals surface area contributed by atoms with E-state index in [0.717, 1.165) is 44.6 Å². The van der Waals surface area contributed by atoms with Crippen molar-refractivity contribution in [1.29, 1.82) is 0 Å². The Morgan fingerprint density at radius 1 is 0.756 bits per heavy atom. The van der Waals surface area contributed by atoms with Gasteiger partial charge in [-0.3, -0.25) is 14.4 Å². The molecule has 0 radical (unpaired) electrons. The smallest absolute Gasteiger partial charge is 0.320 e. The first-order chi connectivity index (χ1) is 19.7. The number of carbonyl (C=O) groups is 3. The summed E-state index contributed by atoms with van der Waals surface area (Å²) in [5.74, 6) is -2.97. The van der Waals surface area contributed by atoms with E-state index >= 15 is 0 Å². The lowest BCUT2D eigenvalue weighted by atomic mass is 10.0. The minimum absolute atomic E-state index is 0.0231. The zero-order chi connectivity index (χ0) is 30.6. The molecule has 230 valence electrons. The van der Waals surface area contributed by atoms with E-state index in [4.69, 9.17) is 4.74 Å². The largest absolute Gasteiger partial charge is 0.481 e. The minimum atomic E-state index is -1.34. The van der Waals surface area contributed by atoms with Crippen LogP contribution in [0.1, 0.15) is 77.6 Å². The van der Waals surface area contributed by atoms with Gasteiger partial charge in [0.25, 0.3) is 0 Å². The summed E-state index contributed by atoms with van der Waals surface area (Å²) < 4.78 is 5.19. The fraction of sp³-hybridized carbons (Fsp3) is 0.559. The number of hydrogen-bond acceptors (Lipinski definition) is 4. The van der Waals surface area contributed by atoms with Crippen molar-refractivity contribution in [2.75, 3.05) is 13.2 Å². The number of hydrogen-bond donors (Lipinski definition) is 2. The van der Waals surface area contributed by atoms with Gasteiger partial charge >= 0.3 is 11.9 Å². The number of carboxylic acid groups (broad SMARTS) is 1. The number of allylic oxidation sites excluding steroid dienone is 12. The molecule has 0 aliphatic heterocycles. The van der Waals surface area contributed by atoms with Crippen molar-refractivity contribution >= 4 is 25.9 Å². The lowest BCUT2D eigenvalue weighted by Gasteiger charge is -2.17. The molecule has 0 aliphatic carbocycles. The van der Waals surface area contributed by atoms with Crippen LogP contribution in [0.4, 0.5) is 0 Å². The van der Waals surface area contributed by atoms with Crippen molar-refractivity contribution in [3.63, 3.8) is 0 Å². The highest BCUT2D eigenvalue weighted by atomic mass is 28.3. The Hall–Kier alpha value is -2.93. The van der Waals surface area contributed by atoms with Gasteiger partial charge in [0.15, 0.2) is 5.92 Å². The van der Waals surface area contributed by atoms with E-state index in [-0.39, 0.29) is 18.9 Å². The van der Waals surface area contributed by atoms with Crippen LogP contribution in [0.3, 0.4) is 0 Å². The Labute approximate surface area is 250 Å². The topological polar surface area (TPSA) is 92.7 Å². The summed E-state index contributed by atoms with van der Waals surface area (Å²) in [5, 5.41) is 12.2. The second-order valence-electron chi connectivity index (χ2n) is 11.2. The molecule has 1 amide bonds. The van der Waals surface area contributed by atoms with Crippen molar-refractivity contribution in [3.05, 3.63) is 72.9 Å². The molecule has 0 spiro atoms. The molecule has 41 heavy (non-hydrogen) atoms. The highest BCUT2D eigenvalue weighted by molar-refractivity contribution is 6.76. The van der Waals surface area contributed by atoms with E-state index in [2.05, 4.69) is 98.7 Å². The summed E-state index contributed by atoms with van der Waals surface area (Å²) in [4.78, 5) is 35.6. The third kappa shape index (κ3) is 27.0. The predicted molar refractivity (Wildman–Crippen MR) is 175 cm³/mol. The normalized spacial score (nSPS) is 13.5. The lowest BCUT2D eigenvalue weighted by molar-refractivity contribution is -0.158. The third-order valence-corrected chi connectivity index (χ3v) is 7.76. The molecule has 0 heterocycles. The Kier molecular flexibility index (Phi) is 24.1. The molecule has 1 unspecified atom stereocenters. The quantitative estimate of drug-likeness (QED) is 0.0390. The van der Waals surface area contributed by atoms with Gasteiger partial charge in [-0.15, -0.1) is 0 Å². The monoisotopic (exact) mass is 585 g/mol. The van der Waals surface area contributed by atoms with E-state index in [1.807, 2.05) is 6.08 Å². The third-order valence-electron chi connectivity index (χ3n) is 6.06. The summed E-state index contributed by atoms with van der Waals surface area (Å²) in [7, 11) is -1.34. The fourth-order valence-corrected chi connectivity index (χ4v) is 4.26. The van der Waals surface area contributed by atoms with Gasteiger partial charge < -0.3 is 15.2 Å². The second-order valence-corrected chi connectivity index (χ2v) is 16.8. The zero-order valence-electron chi connectivity index (χ0n) is 26.0. The minimum Gasteiger partial charge on any atom is -0.481 e. The molecule has 1 atom stereocenters. The molecule has 0 aromatic heterocycles. The number of unbranched alkanes of at least 4 members (excludes halogenated alkanes) is 1. The van der Waals surface area contributed by atoms with E-state index in [1.165, 1.54) is 0 Å². The molecule has 6 nitrogen and oxygen atoms in total. The van der Waals surface area contributed by atoms with Crippen LogP contribution in [0.25, 0.3) is 0 Å². The Morgan fingerprint density at radius 3 is 1.71 bits per heavy atom. The number of rotatable bonds is 24. The number of carbonyl (C=O) groups excluding carboxylic acids is 2. The summed E-state index contributed by atoms with van der Waals surface area (Å²) >= 11 is 0. The number of aliphatic carboxylic acids is 1. The maximum atomic E-state index is 12.1. The second kappa shape index (κ2) is 26.0. The molecular formula is C34H55NO5Si. The number of esters is 1. The summed E-state index contributed by atoms with van der Waals surface area (Å²) in [6.45, 7) is 9.42. The average Bonchev–Trinajstić information content (AvgIpc) is 2.90. The Balaban J connectivity index is 3.84. The van der Waals surface area contributed by atoms with Crippen molar-refractivity contribution in [2.45, 2.75) is 103 Å². The molecule has 0 bridgehead atoms. The van der Waals surface area contributed by atoms with Crippen molar-refractivity contribution in [3.8, 4) is 0 Å². The maximum Gasteiger partial charge on any atom is 0.320 e. The molecule has 0 fully saturated rings. The molecule has 7 heteroatoms. The van der Waals surface area contributed by atoms with Crippen LogP contribution >= 0.6 is 0 Å². The van der Waals surface area contributed by atoms with Crippen LogP contribution in [0, 0.1) is 5.92 Å². The first kappa shape index (κ1) is 38.1. The van der Waals surface area contributed by atoms with E-state index < -0.39 is 25.9 Å². The molecule has 0 saturated carbocycles. The molecule has 0 aromatic rings. The number of nitrogens with one attached hydrogen (secondary N) is 1. The summed E-state index contributed by atoms with van der Waals surface area (Å²) in [6.07, 6.45) is 34.1. The van der Waals surface area contributed by atoms with Crippen LogP contribution in [-0.4, -0.2) is 44.2 Å². The van der Waals surface area contributed by atoms with E-state index in [0.29, 0.717) is 32.2 Å². The maximum absolute atomic E-state index is 12.1. The van der Waals surface area contributed by atoms with Crippen LogP contribution in [0.15, 0.2) is 72.9 Å². The van der Waals surface area contributed by atoms with Gasteiger partial charge in [-0.2, -0.15) is 0 Å². The van der Waals surface area contributed by atoms with Crippen LogP contribution in [-0.2, 0) is 19.1 Å². The molecular weight excluding hydrogens is 530 g/mol. The zero-order valence-corrected chi connectivity index (χ0v) is 27.0. The van der Waals surface area contributed by atoms with Crippen molar-refractivity contribution in [2.24, 2.45) is 5.92 Å². The Morgan fingerprint density at radius 2 is 1.24 bits per heavy atom. The van der Waals surface area contributed by atoms with Crippen molar-refractivity contribution < 1.29 is 24.2 Å². The van der Waals surface area contributed by atoms with E-state index in [1.54, 1.807) is 0 Å². The highest BCUT2D eigenvalue weighted by Gasteiger charge is 2.27. The first-order valence-electron chi connectivity index (χ1n) is 15.2. The number of carboxylic acids is 1. The molecule has 0 aliphatic rings. The van der Waals surface area contributed by atoms with Gasteiger partial charge in [-0.25, -0.2) is 0 Å². The highest BCUT2D eigenvalue weighted by Crippen LogP contribution is 2.13. The van der Waals surface area contributed by atoms with Gasteiger partial charge in [0.1, 0.15) is 0 Å². The number of amides is 1. The predicted octanol–water partition coefficient (Wildman–Crippen LogP) is 8.33. The van der Waals surface area contributed by atoms with Crippen molar-refractivity contribution in [1.82, 2.24) is 5.32 Å². The molecule has 0 saturated heterocycles. The average molecular weight is 586 g/mol. The molecule has 0 aromatic carbocycles. The van der Waals surface area contributed by atoms with Gasteiger partial charge in [0, 0.05) is 21.0 Å². The van der Waals surface area contributed by atoms with Gasteiger partial charge in [-0.1, -0.05) is 106 Å². The van der Waals surface area contributed by atoms with Gasteiger partial charge in [0.2, 0.25) is 5.91 Å². The van der Waals surface area contributed by atoms with Gasteiger partial charge in [0.05, 0.1) is 6.61 Å². The lowest BCUT2D eigenvalue weighted by Crippen LogP contribution is -2.29. The molecule has 0 rings (SSSR count). The SMILES string of the molecule is CCC=CCC=CCC=CCC=CCC=CCC=CCCC(=O)NCCCCC(C(=O)O)C(=O)OCC[Si](C)(C)C. The number of ether oxygens (including phenoxy) is 1. The molecule has 2 N–H and O–H groups in total. The van der Waals surface area contributed by atoms with Crippen LogP contribution in [0.2, 0.25) is 25.7 Å². The summed E-state index contributed by atoms with van der Waals surface area (Å²) in [5.41, 5.74) is 0.